The number of benzene rings is 1. The van der Waals surface area contributed by atoms with E-state index in [-0.39, 0.29) is 16.9 Å². The van der Waals surface area contributed by atoms with Crippen molar-refractivity contribution in [3.05, 3.63) is 34.6 Å². The fourth-order valence-electron chi connectivity index (χ4n) is 2.78. The summed E-state index contributed by atoms with van der Waals surface area (Å²) in [6.45, 7) is 8.45. The fraction of sp³-hybridized carbons (Fsp3) is 0.600. The van der Waals surface area contributed by atoms with Gasteiger partial charge in [-0.3, -0.25) is 4.90 Å². The molecular formula is C15H22ClFN2. The molecule has 4 heteroatoms. The minimum atomic E-state index is -0.317. The minimum absolute atomic E-state index is 0.201. The van der Waals surface area contributed by atoms with E-state index in [0.717, 1.165) is 38.2 Å². The normalized spacial score (nSPS) is 20.2. The van der Waals surface area contributed by atoms with Crippen molar-refractivity contribution >= 4 is 11.6 Å². The Morgan fingerprint density at radius 3 is 2.63 bits per heavy atom. The minimum Gasteiger partial charge on any atom is -0.314 e. The van der Waals surface area contributed by atoms with Crippen LogP contribution in [0, 0.1) is 11.7 Å². The van der Waals surface area contributed by atoms with Crippen molar-refractivity contribution in [1.82, 2.24) is 10.2 Å². The highest BCUT2D eigenvalue weighted by molar-refractivity contribution is 6.30. The van der Waals surface area contributed by atoms with Crippen LogP contribution in [-0.4, -0.2) is 31.1 Å². The molecule has 19 heavy (non-hydrogen) atoms. The Labute approximate surface area is 119 Å². The average molecular weight is 285 g/mol. The van der Waals surface area contributed by atoms with Crippen LogP contribution in [0.1, 0.15) is 31.9 Å². The van der Waals surface area contributed by atoms with Crippen LogP contribution < -0.4 is 5.32 Å². The third kappa shape index (κ3) is 3.47. The van der Waals surface area contributed by atoms with E-state index in [2.05, 4.69) is 24.1 Å². The maximum atomic E-state index is 13.7. The number of hydrogen-bond donors (Lipinski definition) is 1. The molecular weight excluding hydrogens is 263 g/mol. The van der Waals surface area contributed by atoms with E-state index in [1.54, 1.807) is 12.1 Å². The molecule has 1 fully saturated rings. The van der Waals surface area contributed by atoms with E-state index in [9.17, 15) is 4.39 Å². The summed E-state index contributed by atoms with van der Waals surface area (Å²) in [7, 11) is 0. The van der Waals surface area contributed by atoms with Gasteiger partial charge in [-0.1, -0.05) is 37.9 Å². The van der Waals surface area contributed by atoms with Gasteiger partial charge in [0.1, 0.15) is 5.82 Å². The van der Waals surface area contributed by atoms with Gasteiger partial charge in [-0.15, -0.1) is 0 Å². The maximum absolute atomic E-state index is 13.7. The summed E-state index contributed by atoms with van der Waals surface area (Å²) in [5, 5.41) is 3.56. The summed E-state index contributed by atoms with van der Waals surface area (Å²) >= 11 is 5.79. The van der Waals surface area contributed by atoms with Crippen molar-refractivity contribution in [2.24, 2.45) is 5.92 Å². The van der Waals surface area contributed by atoms with Crippen LogP contribution in [-0.2, 0) is 0 Å². The maximum Gasteiger partial charge on any atom is 0.142 e. The van der Waals surface area contributed by atoms with Gasteiger partial charge in [0.2, 0.25) is 0 Å². The second-order valence-electron chi connectivity index (χ2n) is 5.29. The van der Waals surface area contributed by atoms with Gasteiger partial charge in [-0.25, -0.2) is 4.39 Å². The van der Waals surface area contributed by atoms with Crippen LogP contribution in [0.25, 0.3) is 0 Å². The number of rotatable bonds is 4. The Kier molecular flexibility index (Phi) is 5.20. The highest BCUT2D eigenvalue weighted by Gasteiger charge is 2.26. The van der Waals surface area contributed by atoms with E-state index in [1.807, 2.05) is 6.07 Å². The molecule has 1 N–H and O–H groups in total. The zero-order valence-corrected chi connectivity index (χ0v) is 12.4. The van der Waals surface area contributed by atoms with Gasteiger partial charge in [0.25, 0.3) is 0 Å². The quantitative estimate of drug-likeness (QED) is 0.911. The van der Waals surface area contributed by atoms with Crippen LogP contribution in [0.4, 0.5) is 4.39 Å². The summed E-state index contributed by atoms with van der Waals surface area (Å²) < 4.78 is 13.7. The molecule has 0 aliphatic carbocycles. The second kappa shape index (κ2) is 6.69. The van der Waals surface area contributed by atoms with Crippen molar-refractivity contribution in [2.75, 3.05) is 26.2 Å². The lowest BCUT2D eigenvalue weighted by atomic mass is 9.90. The fourth-order valence-corrected chi connectivity index (χ4v) is 2.90. The predicted molar refractivity (Wildman–Crippen MR) is 78.0 cm³/mol. The Hall–Kier alpha value is -0.640. The zero-order valence-electron chi connectivity index (χ0n) is 11.6. The van der Waals surface area contributed by atoms with E-state index in [4.69, 9.17) is 11.6 Å². The Morgan fingerprint density at radius 1 is 1.37 bits per heavy atom. The molecule has 0 aromatic heterocycles. The molecule has 2 nitrogen and oxygen atoms in total. The molecule has 1 saturated heterocycles. The van der Waals surface area contributed by atoms with Crippen molar-refractivity contribution < 1.29 is 4.39 Å². The Bertz CT molecular complexity index is 419. The molecule has 2 rings (SSSR count). The third-order valence-electron chi connectivity index (χ3n) is 4.01. The number of nitrogens with one attached hydrogen (secondary N) is 1. The lowest BCUT2D eigenvalue weighted by Crippen LogP contribution is -2.46. The molecule has 1 aromatic rings. The first kappa shape index (κ1) is 14.8. The van der Waals surface area contributed by atoms with Crippen LogP contribution in [0.3, 0.4) is 0 Å². The van der Waals surface area contributed by atoms with E-state index in [0.29, 0.717) is 5.92 Å². The lowest BCUT2D eigenvalue weighted by molar-refractivity contribution is 0.128. The summed E-state index contributed by atoms with van der Waals surface area (Å²) in [5.74, 6) is 0.182. The van der Waals surface area contributed by atoms with Crippen LogP contribution in [0.15, 0.2) is 18.2 Å². The molecule has 1 heterocycles. The monoisotopic (exact) mass is 284 g/mol. The summed E-state index contributed by atoms with van der Waals surface area (Å²) in [4.78, 5) is 2.45. The molecule has 1 unspecified atom stereocenters. The summed E-state index contributed by atoms with van der Waals surface area (Å²) in [6, 6.07) is 5.51. The van der Waals surface area contributed by atoms with E-state index < -0.39 is 0 Å². The summed E-state index contributed by atoms with van der Waals surface area (Å²) in [6.07, 6.45) is 1.08. The Balaban J connectivity index is 2.27. The molecule has 0 amide bonds. The van der Waals surface area contributed by atoms with Gasteiger partial charge in [-0.2, -0.15) is 0 Å². The molecule has 2 atom stereocenters. The van der Waals surface area contributed by atoms with Crippen molar-refractivity contribution in [3.8, 4) is 0 Å². The second-order valence-corrected chi connectivity index (χ2v) is 5.70. The molecule has 0 radical (unpaired) electrons. The average Bonchev–Trinajstić information content (AvgIpc) is 2.44. The highest BCUT2D eigenvalue weighted by atomic mass is 35.5. The van der Waals surface area contributed by atoms with Crippen LogP contribution in [0.2, 0.25) is 5.02 Å². The number of hydrogen-bond acceptors (Lipinski definition) is 2. The SMILES string of the molecule is CCC(C)[C@@H](c1ccc(Cl)c(F)c1)N1CCNCC1. The van der Waals surface area contributed by atoms with Gasteiger partial charge >= 0.3 is 0 Å². The van der Waals surface area contributed by atoms with Crippen LogP contribution in [0.5, 0.6) is 0 Å². The number of halogens is 2. The topological polar surface area (TPSA) is 15.3 Å². The van der Waals surface area contributed by atoms with Gasteiger partial charge in [0.15, 0.2) is 0 Å². The van der Waals surface area contributed by atoms with Gasteiger partial charge in [0.05, 0.1) is 5.02 Å². The van der Waals surface area contributed by atoms with Gasteiger partial charge < -0.3 is 5.32 Å². The lowest BCUT2D eigenvalue weighted by Gasteiger charge is -2.38. The van der Waals surface area contributed by atoms with Gasteiger partial charge in [-0.05, 0) is 23.6 Å². The largest absolute Gasteiger partial charge is 0.314 e. The van der Waals surface area contributed by atoms with E-state index in [1.165, 1.54) is 0 Å². The summed E-state index contributed by atoms with van der Waals surface area (Å²) in [5.41, 5.74) is 1.04. The molecule has 106 valence electrons. The Morgan fingerprint density at radius 2 is 2.05 bits per heavy atom. The zero-order chi connectivity index (χ0) is 13.8. The molecule has 1 aliphatic rings. The standard InChI is InChI=1S/C15H22ClFN2/c1-3-11(2)15(19-8-6-18-7-9-19)12-4-5-13(16)14(17)10-12/h4-5,10-11,15,18H,3,6-9H2,1-2H3/t11?,15-/m0/s1. The van der Waals surface area contributed by atoms with Crippen molar-refractivity contribution in [3.63, 3.8) is 0 Å². The van der Waals surface area contributed by atoms with Crippen LogP contribution >= 0.6 is 11.6 Å². The molecule has 0 spiro atoms. The molecule has 1 aromatic carbocycles. The molecule has 1 aliphatic heterocycles. The molecule has 0 saturated carbocycles. The van der Waals surface area contributed by atoms with E-state index >= 15 is 0 Å². The first-order valence-electron chi connectivity index (χ1n) is 7.03. The highest BCUT2D eigenvalue weighted by Crippen LogP contribution is 2.32. The number of nitrogens with zero attached hydrogens (tertiary/aromatic N) is 1. The molecule has 0 bridgehead atoms. The predicted octanol–water partition coefficient (Wildman–Crippen LogP) is 3.47. The number of piperazine rings is 1. The van der Waals surface area contributed by atoms with Gasteiger partial charge in [0, 0.05) is 32.2 Å². The smallest absolute Gasteiger partial charge is 0.142 e. The third-order valence-corrected chi connectivity index (χ3v) is 4.32. The first-order chi connectivity index (χ1) is 9.13. The van der Waals surface area contributed by atoms with Crippen molar-refractivity contribution in [2.45, 2.75) is 26.3 Å². The van der Waals surface area contributed by atoms with Crippen molar-refractivity contribution in [1.29, 1.82) is 0 Å². The first-order valence-corrected chi connectivity index (χ1v) is 7.41.